The van der Waals surface area contributed by atoms with Crippen molar-refractivity contribution >= 4 is 17.6 Å². The lowest BCUT2D eigenvalue weighted by Crippen LogP contribution is -2.16. The normalized spacial score (nSPS) is 9.40. The van der Waals surface area contributed by atoms with E-state index in [1.807, 2.05) is 0 Å². The molecular weight excluding hydrogens is 198 g/mol. The summed E-state index contributed by atoms with van der Waals surface area (Å²) < 4.78 is 4.42. The molecule has 0 unspecified atom stereocenters. The van der Waals surface area contributed by atoms with Crippen LogP contribution in [0.3, 0.4) is 0 Å². The fraction of sp³-hybridized carbons (Fsp3) is 0.200. The second kappa shape index (κ2) is 4.99. The van der Waals surface area contributed by atoms with Crippen molar-refractivity contribution in [2.75, 3.05) is 19.0 Å². The number of nitrogens with one attached hydrogen (secondary N) is 1. The first-order valence-corrected chi connectivity index (χ1v) is 4.28. The van der Waals surface area contributed by atoms with Crippen molar-refractivity contribution in [3.05, 3.63) is 29.8 Å². The average molecular weight is 209 g/mol. The number of ether oxygens (including phenoxy) is 1. The predicted molar refractivity (Wildman–Crippen MR) is 53.9 cm³/mol. The van der Waals surface area contributed by atoms with E-state index in [0.29, 0.717) is 5.69 Å². The molecule has 0 saturated heterocycles. The quantitative estimate of drug-likeness (QED) is 0.722. The van der Waals surface area contributed by atoms with E-state index in [0.717, 1.165) is 0 Å². The molecule has 1 aromatic rings. The molecule has 0 atom stereocenters. The highest BCUT2D eigenvalue weighted by molar-refractivity contribution is 5.94. The molecule has 0 aromatic heterocycles. The molecule has 0 aliphatic carbocycles. The maximum Gasteiger partial charge on any atom is 0.337 e. The number of aromatic carboxylic acids is 1. The number of carbonyl (C=O) groups excluding carboxylic acids is 1. The summed E-state index contributed by atoms with van der Waals surface area (Å²) in [6.45, 7) is -0.0548. The monoisotopic (exact) mass is 209 g/mol. The van der Waals surface area contributed by atoms with Gasteiger partial charge in [0.2, 0.25) is 0 Å². The van der Waals surface area contributed by atoms with Crippen molar-refractivity contribution in [1.82, 2.24) is 0 Å². The van der Waals surface area contributed by atoms with Crippen LogP contribution in [0.25, 0.3) is 0 Å². The van der Waals surface area contributed by atoms with Gasteiger partial charge in [-0.25, -0.2) is 4.79 Å². The van der Waals surface area contributed by atoms with Crippen LogP contribution in [0.1, 0.15) is 10.4 Å². The number of rotatable bonds is 4. The van der Waals surface area contributed by atoms with Crippen LogP contribution in [0.2, 0.25) is 0 Å². The number of hydrogen-bond donors (Lipinski definition) is 2. The summed E-state index contributed by atoms with van der Waals surface area (Å²) in [7, 11) is 1.27. The van der Waals surface area contributed by atoms with Crippen LogP contribution in [-0.4, -0.2) is 30.7 Å². The largest absolute Gasteiger partial charge is 0.478 e. The van der Waals surface area contributed by atoms with E-state index in [1.165, 1.54) is 13.2 Å². The highest BCUT2D eigenvalue weighted by atomic mass is 16.5. The average Bonchev–Trinajstić information content (AvgIpc) is 2.26. The predicted octanol–water partition coefficient (Wildman–Crippen LogP) is 0.970. The Hall–Kier alpha value is -2.04. The van der Waals surface area contributed by atoms with Crippen LogP contribution in [-0.2, 0) is 9.53 Å². The first kappa shape index (κ1) is 11.0. The SMILES string of the molecule is COC(=O)CNc1ccccc1C(=O)O. The van der Waals surface area contributed by atoms with Crippen LogP contribution in [0.15, 0.2) is 24.3 Å². The zero-order valence-electron chi connectivity index (χ0n) is 8.19. The van der Waals surface area contributed by atoms with Crippen molar-refractivity contribution in [2.24, 2.45) is 0 Å². The number of anilines is 1. The minimum atomic E-state index is -1.04. The maximum absolute atomic E-state index is 10.8. The van der Waals surface area contributed by atoms with E-state index in [2.05, 4.69) is 10.1 Å². The molecular formula is C10H11NO4. The Balaban J connectivity index is 2.76. The maximum atomic E-state index is 10.8. The topological polar surface area (TPSA) is 75.6 Å². The standard InChI is InChI=1S/C10H11NO4/c1-15-9(12)6-11-8-5-3-2-4-7(8)10(13)14/h2-5,11H,6H2,1H3,(H,13,14). The lowest BCUT2D eigenvalue weighted by Gasteiger charge is -2.07. The number of para-hydroxylation sites is 1. The number of carboxylic acid groups (broad SMARTS) is 1. The third-order valence-corrected chi connectivity index (χ3v) is 1.81. The van der Waals surface area contributed by atoms with Gasteiger partial charge in [-0.1, -0.05) is 12.1 Å². The van der Waals surface area contributed by atoms with Gasteiger partial charge in [-0.15, -0.1) is 0 Å². The van der Waals surface area contributed by atoms with E-state index in [9.17, 15) is 9.59 Å². The zero-order chi connectivity index (χ0) is 11.3. The van der Waals surface area contributed by atoms with Gasteiger partial charge >= 0.3 is 11.9 Å². The summed E-state index contributed by atoms with van der Waals surface area (Å²) in [5.41, 5.74) is 0.525. The summed E-state index contributed by atoms with van der Waals surface area (Å²) in [5, 5.41) is 11.5. The summed E-state index contributed by atoms with van der Waals surface area (Å²) in [5.74, 6) is -1.49. The molecule has 80 valence electrons. The lowest BCUT2D eigenvalue weighted by atomic mass is 10.2. The number of esters is 1. The van der Waals surface area contributed by atoms with Gasteiger partial charge in [-0.05, 0) is 12.1 Å². The zero-order valence-corrected chi connectivity index (χ0v) is 8.19. The first-order valence-electron chi connectivity index (χ1n) is 4.28. The molecule has 0 radical (unpaired) electrons. The second-order valence-electron chi connectivity index (χ2n) is 2.78. The number of carboxylic acids is 1. The summed E-state index contributed by atoms with van der Waals surface area (Å²) in [6, 6.07) is 6.35. The van der Waals surface area contributed by atoms with E-state index >= 15 is 0 Å². The van der Waals surface area contributed by atoms with Gasteiger partial charge in [0.25, 0.3) is 0 Å². The molecule has 0 amide bonds. The fourth-order valence-corrected chi connectivity index (χ4v) is 1.06. The van der Waals surface area contributed by atoms with Gasteiger partial charge in [0.05, 0.1) is 12.7 Å². The van der Waals surface area contributed by atoms with Crippen LogP contribution in [0, 0.1) is 0 Å². The van der Waals surface area contributed by atoms with Gasteiger partial charge in [-0.2, -0.15) is 0 Å². The Morgan fingerprint density at radius 2 is 2.07 bits per heavy atom. The van der Waals surface area contributed by atoms with E-state index < -0.39 is 11.9 Å². The number of carbonyl (C=O) groups is 2. The van der Waals surface area contributed by atoms with Crippen LogP contribution >= 0.6 is 0 Å². The smallest absolute Gasteiger partial charge is 0.337 e. The Morgan fingerprint density at radius 1 is 1.40 bits per heavy atom. The molecule has 5 heteroatoms. The van der Waals surface area contributed by atoms with E-state index in [1.54, 1.807) is 18.2 Å². The van der Waals surface area contributed by atoms with E-state index in [-0.39, 0.29) is 12.1 Å². The minimum Gasteiger partial charge on any atom is -0.478 e. The van der Waals surface area contributed by atoms with Crippen molar-refractivity contribution < 1.29 is 19.4 Å². The summed E-state index contributed by atoms with van der Waals surface area (Å²) >= 11 is 0. The number of benzene rings is 1. The number of methoxy groups -OCH3 is 1. The molecule has 0 aliphatic heterocycles. The van der Waals surface area contributed by atoms with Gasteiger partial charge < -0.3 is 15.2 Å². The molecule has 0 bridgehead atoms. The highest BCUT2D eigenvalue weighted by Gasteiger charge is 2.09. The molecule has 15 heavy (non-hydrogen) atoms. The third-order valence-electron chi connectivity index (χ3n) is 1.81. The molecule has 1 aromatic carbocycles. The van der Waals surface area contributed by atoms with E-state index in [4.69, 9.17) is 5.11 Å². The van der Waals surface area contributed by atoms with Gasteiger partial charge in [0.15, 0.2) is 0 Å². The van der Waals surface area contributed by atoms with Gasteiger partial charge in [0.1, 0.15) is 6.54 Å². The minimum absolute atomic E-state index is 0.0548. The molecule has 0 fully saturated rings. The van der Waals surface area contributed by atoms with Gasteiger partial charge in [-0.3, -0.25) is 4.79 Å². The van der Waals surface area contributed by atoms with Crippen molar-refractivity contribution in [3.8, 4) is 0 Å². The van der Waals surface area contributed by atoms with Crippen LogP contribution in [0.5, 0.6) is 0 Å². The first-order chi connectivity index (χ1) is 7.15. The Morgan fingerprint density at radius 3 is 2.67 bits per heavy atom. The van der Waals surface area contributed by atoms with Crippen molar-refractivity contribution in [2.45, 2.75) is 0 Å². The molecule has 0 spiro atoms. The molecule has 2 N–H and O–H groups in total. The Kier molecular flexibility index (Phi) is 3.68. The fourth-order valence-electron chi connectivity index (χ4n) is 1.06. The molecule has 0 heterocycles. The van der Waals surface area contributed by atoms with Crippen molar-refractivity contribution in [1.29, 1.82) is 0 Å². The summed E-state index contributed by atoms with van der Waals surface area (Å²) in [6.07, 6.45) is 0. The Bertz CT molecular complexity index is 375. The highest BCUT2D eigenvalue weighted by Crippen LogP contribution is 2.14. The van der Waals surface area contributed by atoms with Crippen LogP contribution < -0.4 is 5.32 Å². The van der Waals surface area contributed by atoms with Crippen molar-refractivity contribution in [3.63, 3.8) is 0 Å². The molecule has 5 nitrogen and oxygen atoms in total. The molecule has 0 aliphatic rings. The molecule has 0 saturated carbocycles. The van der Waals surface area contributed by atoms with Gasteiger partial charge in [0, 0.05) is 5.69 Å². The van der Waals surface area contributed by atoms with Crippen LogP contribution in [0.4, 0.5) is 5.69 Å². The molecule has 1 rings (SSSR count). The third kappa shape index (κ3) is 2.98. The Labute approximate surface area is 86.7 Å². The number of hydrogen-bond acceptors (Lipinski definition) is 4. The lowest BCUT2D eigenvalue weighted by molar-refractivity contribution is -0.138. The summed E-state index contributed by atoms with van der Waals surface area (Å²) in [4.78, 5) is 21.6. The second-order valence-corrected chi connectivity index (χ2v) is 2.78.